The van der Waals surface area contributed by atoms with Crippen molar-refractivity contribution in [3.63, 3.8) is 0 Å². The number of phenolic OH excluding ortho intramolecular Hbond substituents is 1. The molecule has 3 atom stereocenters. The van der Waals surface area contributed by atoms with Gasteiger partial charge in [0.05, 0.1) is 0 Å². The number of nitrogens with one attached hydrogen (secondary N) is 2. The van der Waals surface area contributed by atoms with Crippen molar-refractivity contribution < 1.29 is 29.4 Å². The van der Waals surface area contributed by atoms with E-state index < -0.39 is 41.1 Å². The lowest BCUT2D eigenvalue weighted by molar-refractivity contribution is -0.150. The highest BCUT2D eigenvalue weighted by Gasteiger charge is 2.54. The van der Waals surface area contributed by atoms with Gasteiger partial charge in [-0.25, -0.2) is 4.79 Å². The molecule has 2 aliphatic heterocycles. The van der Waals surface area contributed by atoms with E-state index in [1.54, 1.807) is 0 Å². The van der Waals surface area contributed by atoms with Crippen LogP contribution in [-0.2, 0) is 14.4 Å². The Hall–Kier alpha value is -3.56. The zero-order valence-electron chi connectivity index (χ0n) is 17.3. The number of hydrogen-bond donors (Lipinski definition) is 6. The molecule has 1 aromatic heterocycles. The van der Waals surface area contributed by atoms with Crippen LogP contribution in [0, 0.1) is 0 Å². The molecule has 1 fully saturated rings. The topological polar surface area (TPSA) is 218 Å². The van der Waals surface area contributed by atoms with E-state index in [4.69, 9.17) is 11.5 Å². The van der Waals surface area contributed by atoms with Crippen LogP contribution in [0.4, 0.5) is 0 Å². The van der Waals surface area contributed by atoms with Crippen LogP contribution in [0.25, 0.3) is 0 Å². The summed E-state index contributed by atoms with van der Waals surface area (Å²) >= 11 is 2.40. The first kappa shape index (κ1) is 23.6. The van der Waals surface area contributed by atoms with Gasteiger partial charge in [0.1, 0.15) is 28.9 Å². The number of hydrogen-bond acceptors (Lipinski definition) is 10. The van der Waals surface area contributed by atoms with Crippen LogP contribution >= 0.6 is 23.5 Å². The molecule has 1 saturated heterocycles. The van der Waals surface area contributed by atoms with Crippen molar-refractivity contribution in [2.24, 2.45) is 11.5 Å². The fourth-order valence-corrected chi connectivity index (χ4v) is 5.73. The lowest BCUT2D eigenvalue weighted by Gasteiger charge is -2.49. The normalized spacial score (nSPS) is 20.4. The van der Waals surface area contributed by atoms with E-state index in [2.05, 4.69) is 20.5 Å². The molecule has 0 saturated carbocycles. The van der Waals surface area contributed by atoms with Gasteiger partial charge in [-0.1, -0.05) is 23.9 Å². The maximum absolute atomic E-state index is 12.8. The van der Waals surface area contributed by atoms with Gasteiger partial charge in [0.15, 0.2) is 0 Å². The molecule has 0 radical (unpaired) electrons. The van der Waals surface area contributed by atoms with E-state index in [0.29, 0.717) is 16.9 Å². The third kappa shape index (κ3) is 4.44. The van der Waals surface area contributed by atoms with Gasteiger partial charge in [0.25, 0.3) is 11.8 Å². The number of carbonyl (C=O) groups excluding carboxylic acids is 3. The summed E-state index contributed by atoms with van der Waals surface area (Å²) in [5.74, 6) is -2.82. The molecule has 34 heavy (non-hydrogen) atoms. The molecule has 3 amide bonds. The first-order chi connectivity index (χ1) is 16.2. The molecule has 1 unspecified atom stereocenters. The number of primary amides is 1. The molecule has 0 spiro atoms. The zero-order chi connectivity index (χ0) is 24.6. The zero-order valence-corrected chi connectivity index (χ0v) is 18.9. The van der Waals surface area contributed by atoms with Crippen molar-refractivity contribution in [3.8, 4) is 5.75 Å². The summed E-state index contributed by atoms with van der Waals surface area (Å²) in [5, 5.41) is 27.6. The maximum Gasteiger partial charge on any atom is 0.352 e. The predicted octanol–water partition coefficient (Wildman–Crippen LogP) is -0.860. The van der Waals surface area contributed by atoms with E-state index in [1.165, 1.54) is 36.0 Å². The maximum atomic E-state index is 12.8. The van der Waals surface area contributed by atoms with Crippen LogP contribution in [0.15, 0.2) is 40.7 Å². The van der Waals surface area contributed by atoms with E-state index in [-0.39, 0.29) is 28.2 Å². The number of aromatic amines is 1. The standard InChI is InChI=1S/C19H19N7O6S2/c20-10(7-1-3-9(27)4-2-7)15(29)22-11-16(30)26-12(18(31)32)8(5-33-17(11)26)6-34-19-23-14(13(21)28)24-25-19/h1-4,10-11,17,27H,5-6,20H2,(H2,21,28)(H,22,29)(H,31,32)(H,23,24,25)/t10-,11?,17-/m1/s1. The van der Waals surface area contributed by atoms with E-state index in [1.807, 2.05) is 0 Å². The van der Waals surface area contributed by atoms with Crippen molar-refractivity contribution >= 4 is 47.2 Å². The first-order valence-electron chi connectivity index (χ1n) is 9.77. The average molecular weight is 506 g/mol. The highest BCUT2D eigenvalue weighted by Crippen LogP contribution is 2.41. The van der Waals surface area contributed by atoms with Crippen LogP contribution in [-0.4, -0.2) is 76.9 Å². The Kier molecular flexibility index (Phi) is 6.49. The van der Waals surface area contributed by atoms with Gasteiger partial charge in [-0.2, -0.15) is 4.98 Å². The highest BCUT2D eigenvalue weighted by molar-refractivity contribution is 8.01. The van der Waals surface area contributed by atoms with Gasteiger partial charge in [0.2, 0.25) is 16.9 Å². The molecule has 8 N–H and O–H groups in total. The molecule has 13 nitrogen and oxygen atoms in total. The minimum Gasteiger partial charge on any atom is -0.508 e. The number of benzene rings is 1. The number of nitrogens with zero attached hydrogens (tertiary/aromatic N) is 3. The fourth-order valence-electron chi connectivity index (χ4n) is 3.44. The second-order valence-corrected chi connectivity index (χ2v) is 9.39. The molecular weight excluding hydrogens is 486 g/mol. The number of phenols is 1. The lowest BCUT2D eigenvalue weighted by atomic mass is 10.0. The van der Waals surface area contributed by atoms with Crippen LogP contribution in [0.5, 0.6) is 5.75 Å². The number of β-lactam (4-membered cyclic amide) rings is 1. The summed E-state index contributed by atoms with van der Waals surface area (Å²) in [6.07, 6.45) is 0. The second kappa shape index (κ2) is 9.36. The number of aliphatic carboxylic acids is 1. The number of carboxylic acids is 1. The highest BCUT2D eigenvalue weighted by atomic mass is 32.2. The van der Waals surface area contributed by atoms with Crippen LogP contribution in [0.2, 0.25) is 0 Å². The van der Waals surface area contributed by atoms with Gasteiger partial charge < -0.3 is 27.0 Å². The summed E-state index contributed by atoms with van der Waals surface area (Å²) in [7, 11) is 0. The molecule has 0 aliphatic carbocycles. The Bertz CT molecular complexity index is 1200. The molecule has 0 bridgehead atoms. The number of rotatable bonds is 8. The first-order valence-corrected chi connectivity index (χ1v) is 11.8. The predicted molar refractivity (Wildman–Crippen MR) is 120 cm³/mol. The minimum absolute atomic E-state index is 0.0260. The van der Waals surface area contributed by atoms with Crippen LogP contribution < -0.4 is 16.8 Å². The molecular formula is C19H19N7O6S2. The van der Waals surface area contributed by atoms with Crippen LogP contribution in [0.1, 0.15) is 22.2 Å². The number of fused-ring (bicyclic) bond motifs is 1. The second-order valence-electron chi connectivity index (χ2n) is 7.34. The Morgan fingerprint density at radius 3 is 2.65 bits per heavy atom. The van der Waals surface area contributed by atoms with Gasteiger partial charge in [0, 0.05) is 11.5 Å². The molecule has 2 aromatic rings. The number of carboxylic acid groups (broad SMARTS) is 1. The van der Waals surface area contributed by atoms with Crippen molar-refractivity contribution in [2.45, 2.75) is 22.6 Å². The number of nitrogens with two attached hydrogens (primary N) is 2. The number of aromatic nitrogens is 3. The fraction of sp³-hybridized carbons (Fsp3) is 0.263. The molecule has 178 valence electrons. The van der Waals surface area contributed by atoms with E-state index >= 15 is 0 Å². The van der Waals surface area contributed by atoms with Gasteiger partial charge >= 0.3 is 5.97 Å². The number of aromatic hydroxyl groups is 1. The Morgan fingerprint density at radius 2 is 2.03 bits per heavy atom. The van der Waals surface area contributed by atoms with E-state index in [0.717, 1.165) is 16.7 Å². The third-order valence-electron chi connectivity index (χ3n) is 5.16. The molecule has 3 heterocycles. The Balaban J connectivity index is 1.44. The number of amides is 3. The minimum atomic E-state index is -1.27. The summed E-state index contributed by atoms with van der Waals surface area (Å²) in [5.41, 5.74) is 11.9. The number of H-pyrrole nitrogens is 1. The Labute approximate surface area is 200 Å². The summed E-state index contributed by atoms with van der Waals surface area (Å²) in [4.78, 5) is 53.5. The quantitative estimate of drug-likeness (QED) is 0.191. The molecule has 2 aliphatic rings. The monoisotopic (exact) mass is 505 g/mol. The van der Waals surface area contributed by atoms with Crippen molar-refractivity contribution in [3.05, 3.63) is 46.9 Å². The number of thioether (sulfide) groups is 2. The van der Waals surface area contributed by atoms with Gasteiger partial charge in [-0.3, -0.25) is 24.4 Å². The van der Waals surface area contributed by atoms with Crippen molar-refractivity contribution in [1.82, 2.24) is 25.4 Å². The van der Waals surface area contributed by atoms with Crippen molar-refractivity contribution in [1.29, 1.82) is 0 Å². The largest absolute Gasteiger partial charge is 0.508 e. The van der Waals surface area contributed by atoms with Crippen molar-refractivity contribution in [2.75, 3.05) is 11.5 Å². The average Bonchev–Trinajstić information content (AvgIpc) is 3.29. The van der Waals surface area contributed by atoms with Gasteiger partial charge in [-0.05, 0) is 23.3 Å². The third-order valence-corrected chi connectivity index (χ3v) is 7.43. The molecule has 4 rings (SSSR count). The molecule has 1 aromatic carbocycles. The van der Waals surface area contributed by atoms with E-state index in [9.17, 15) is 29.4 Å². The van der Waals surface area contributed by atoms with Gasteiger partial charge in [-0.15, -0.1) is 16.9 Å². The number of carbonyl (C=O) groups is 4. The summed E-state index contributed by atoms with van der Waals surface area (Å²) in [6, 6.07) is 3.80. The summed E-state index contributed by atoms with van der Waals surface area (Å²) < 4.78 is 0. The summed E-state index contributed by atoms with van der Waals surface area (Å²) in [6.45, 7) is 0. The SMILES string of the molecule is NC(=O)c1nc(SCC2=C(C(=O)O)N3C(=O)C(NC(=O)[C@H](N)c4ccc(O)cc4)[C@H]3SC2)n[nH]1. The Morgan fingerprint density at radius 1 is 1.32 bits per heavy atom. The molecule has 15 heteroatoms. The lowest BCUT2D eigenvalue weighted by Crippen LogP contribution is -2.71. The van der Waals surface area contributed by atoms with Crippen LogP contribution in [0.3, 0.4) is 0 Å². The smallest absolute Gasteiger partial charge is 0.352 e.